The monoisotopic (exact) mass is 472 g/mol. The molecule has 1 amide bonds. The molecule has 1 fully saturated rings. The first kappa shape index (κ1) is 22.6. The van der Waals surface area contributed by atoms with Crippen molar-refractivity contribution in [3.05, 3.63) is 53.1 Å². The second-order valence-electron chi connectivity index (χ2n) is 7.68. The van der Waals surface area contributed by atoms with Crippen molar-refractivity contribution in [3.8, 4) is 5.75 Å². The first-order valence-electron chi connectivity index (χ1n) is 10.2. The van der Waals surface area contributed by atoms with E-state index < -0.39 is 0 Å². The molecular formula is C22H25ClN6O2S. The normalized spacial score (nSPS) is 22.4. The smallest absolute Gasteiger partial charge is 0.234 e. The molecule has 8 nitrogen and oxygen atoms in total. The molecule has 168 valence electrons. The van der Waals surface area contributed by atoms with Gasteiger partial charge in [-0.1, -0.05) is 23.4 Å². The van der Waals surface area contributed by atoms with Gasteiger partial charge in [-0.15, -0.1) is 0 Å². The minimum Gasteiger partial charge on any atom is -0.497 e. The van der Waals surface area contributed by atoms with Crippen LogP contribution in [0.25, 0.3) is 0 Å². The molecule has 2 aromatic rings. The number of nitrogens with zero attached hydrogens (tertiary/aromatic N) is 2. The van der Waals surface area contributed by atoms with E-state index in [-0.39, 0.29) is 29.8 Å². The highest BCUT2D eigenvalue weighted by atomic mass is 35.5. The molecule has 0 saturated carbocycles. The summed E-state index contributed by atoms with van der Waals surface area (Å²) in [5.74, 6) is 1.04. The molecule has 0 aromatic heterocycles. The van der Waals surface area contributed by atoms with Crippen LogP contribution in [0.1, 0.15) is 12.5 Å². The van der Waals surface area contributed by atoms with Gasteiger partial charge >= 0.3 is 0 Å². The second-order valence-corrected chi connectivity index (χ2v) is 9.03. The third-order valence-electron chi connectivity index (χ3n) is 5.44. The highest BCUT2D eigenvalue weighted by molar-refractivity contribution is 8.14. The summed E-state index contributed by atoms with van der Waals surface area (Å²) in [4.78, 5) is 19.2. The molecule has 0 radical (unpaired) electrons. The standard InChI is InChI=1S/C22H25ClN6O2S/c1-12-10-14(4-9-17(12)23)25-18(30)11-32-22-26-21-19(13(2)27-28-21)20(24)29(22)15-5-7-16(31-3)8-6-15/h4-10,13,19,21,24,27-28H,11H2,1-3H3,(H,25,30). The SMILES string of the molecule is COc1ccc(N2C(=N)C3C(C)NNC3N=C2SCC(=O)Nc2ccc(Cl)c(C)c2)cc1. The average molecular weight is 473 g/mol. The summed E-state index contributed by atoms with van der Waals surface area (Å²) >= 11 is 7.36. The van der Waals surface area contributed by atoms with Gasteiger partial charge in [-0.3, -0.25) is 20.5 Å². The van der Waals surface area contributed by atoms with Gasteiger partial charge in [-0.05, 0) is 61.9 Å². The Morgan fingerprint density at radius 3 is 2.72 bits per heavy atom. The molecule has 10 heteroatoms. The van der Waals surface area contributed by atoms with Crippen molar-refractivity contribution < 1.29 is 9.53 Å². The fraction of sp³-hybridized carbons (Fsp3) is 0.318. The number of ether oxygens (including phenoxy) is 1. The zero-order valence-electron chi connectivity index (χ0n) is 18.0. The Balaban J connectivity index is 1.53. The summed E-state index contributed by atoms with van der Waals surface area (Å²) in [5.41, 5.74) is 8.70. The van der Waals surface area contributed by atoms with Gasteiger partial charge in [0.15, 0.2) is 5.17 Å². The van der Waals surface area contributed by atoms with E-state index in [0.29, 0.717) is 21.7 Å². The Bertz CT molecular complexity index is 1060. The van der Waals surface area contributed by atoms with Crippen LogP contribution in [0, 0.1) is 18.3 Å². The van der Waals surface area contributed by atoms with Gasteiger partial charge in [0.25, 0.3) is 0 Å². The molecule has 1 saturated heterocycles. The lowest BCUT2D eigenvalue weighted by Crippen LogP contribution is -2.50. The highest BCUT2D eigenvalue weighted by Gasteiger charge is 2.43. The fourth-order valence-corrected chi connectivity index (χ4v) is 4.70. The predicted octanol–water partition coefficient (Wildman–Crippen LogP) is 3.62. The topological polar surface area (TPSA) is 102 Å². The number of hydrogen-bond acceptors (Lipinski definition) is 7. The lowest BCUT2D eigenvalue weighted by molar-refractivity contribution is -0.113. The molecule has 3 atom stereocenters. The maximum absolute atomic E-state index is 12.6. The van der Waals surface area contributed by atoms with Crippen molar-refractivity contribution in [3.63, 3.8) is 0 Å². The van der Waals surface area contributed by atoms with Crippen molar-refractivity contribution in [1.82, 2.24) is 10.9 Å². The number of methoxy groups -OCH3 is 1. The van der Waals surface area contributed by atoms with Crippen LogP contribution in [0.5, 0.6) is 5.75 Å². The molecule has 2 heterocycles. The summed E-state index contributed by atoms with van der Waals surface area (Å²) in [7, 11) is 1.61. The first-order valence-corrected chi connectivity index (χ1v) is 11.5. The van der Waals surface area contributed by atoms with Crippen LogP contribution in [-0.2, 0) is 4.79 Å². The Labute approximate surface area is 196 Å². The van der Waals surface area contributed by atoms with Crippen LogP contribution < -0.4 is 25.8 Å². The summed E-state index contributed by atoms with van der Waals surface area (Å²) in [6.45, 7) is 3.91. The fourth-order valence-electron chi connectivity index (χ4n) is 3.73. The number of nitrogens with one attached hydrogen (secondary N) is 4. The van der Waals surface area contributed by atoms with Gasteiger partial charge in [0.2, 0.25) is 5.91 Å². The first-order chi connectivity index (χ1) is 15.4. The van der Waals surface area contributed by atoms with Crippen LogP contribution in [0.15, 0.2) is 47.5 Å². The number of halogens is 1. The van der Waals surface area contributed by atoms with Gasteiger partial charge in [0.05, 0.1) is 18.8 Å². The molecule has 32 heavy (non-hydrogen) atoms. The van der Waals surface area contributed by atoms with Gasteiger partial charge in [0, 0.05) is 22.4 Å². The minimum atomic E-state index is -0.253. The Hall–Kier alpha value is -2.59. The van der Waals surface area contributed by atoms with Gasteiger partial charge in [-0.2, -0.15) is 0 Å². The number of anilines is 2. The lowest BCUT2D eigenvalue weighted by Gasteiger charge is -2.35. The van der Waals surface area contributed by atoms with Crippen molar-refractivity contribution in [2.45, 2.75) is 26.1 Å². The second kappa shape index (κ2) is 9.50. The van der Waals surface area contributed by atoms with E-state index >= 15 is 0 Å². The number of carbonyl (C=O) groups is 1. The zero-order valence-corrected chi connectivity index (χ0v) is 19.6. The van der Waals surface area contributed by atoms with Crippen LogP contribution >= 0.6 is 23.4 Å². The Morgan fingerprint density at radius 2 is 2.03 bits per heavy atom. The zero-order chi connectivity index (χ0) is 22.8. The molecule has 2 aliphatic heterocycles. The highest BCUT2D eigenvalue weighted by Crippen LogP contribution is 2.32. The number of rotatable bonds is 5. The average Bonchev–Trinajstić information content (AvgIpc) is 3.16. The molecule has 0 bridgehead atoms. The summed E-state index contributed by atoms with van der Waals surface area (Å²) in [5, 5.41) is 13.0. The van der Waals surface area contributed by atoms with Gasteiger partial charge in [0.1, 0.15) is 17.8 Å². The van der Waals surface area contributed by atoms with E-state index in [1.807, 2.05) is 44.2 Å². The summed E-state index contributed by atoms with van der Waals surface area (Å²) in [6.07, 6.45) is -0.253. The van der Waals surface area contributed by atoms with Crippen LogP contribution in [-0.4, -0.2) is 42.0 Å². The van der Waals surface area contributed by atoms with E-state index in [4.69, 9.17) is 26.7 Å². The Kier molecular flexibility index (Phi) is 6.71. The van der Waals surface area contributed by atoms with E-state index in [0.717, 1.165) is 17.0 Å². The number of carbonyl (C=O) groups excluding carboxylic acids is 1. The van der Waals surface area contributed by atoms with Crippen molar-refractivity contribution in [2.75, 3.05) is 23.1 Å². The van der Waals surface area contributed by atoms with Crippen molar-refractivity contribution in [1.29, 1.82) is 5.41 Å². The predicted molar refractivity (Wildman–Crippen MR) is 131 cm³/mol. The molecule has 0 spiro atoms. The van der Waals surface area contributed by atoms with Crippen LogP contribution in [0.4, 0.5) is 11.4 Å². The number of benzene rings is 2. The molecule has 4 rings (SSSR count). The number of thioether (sulfide) groups is 1. The van der Waals surface area contributed by atoms with Crippen LogP contribution in [0.2, 0.25) is 5.02 Å². The number of hydrazine groups is 1. The molecule has 4 N–H and O–H groups in total. The number of amidine groups is 2. The summed E-state index contributed by atoms with van der Waals surface area (Å²) in [6, 6.07) is 12.9. The number of hydrogen-bond donors (Lipinski definition) is 4. The van der Waals surface area contributed by atoms with Gasteiger partial charge < -0.3 is 10.1 Å². The number of amides is 1. The van der Waals surface area contributed by atoms with Crippen molar-refractivity contribution >= 4 is 51.6 Å². The molecule has 2 aromatic carbocycles. The maximum Gasteiger partial charge on any atom is 0.234 e. The Morgan fingerprint density at radius 1 is 1.28 bits per heavy atom. The lowest BCUT2D eigenvalue weighted by atomic mass is 9.97. The summed E-state index contributed by atoms with van der Waals surface area (Å²) < 4.78 is 5.26. The number of aryl methyl sites for hydroxylation is 1. The third-order valence-corrected chi connectivity index (χ3v) is 6.82. The number of aliphatic imine (C=N–C) groups is 1. The van der Waals surface area contributed by atoms with E-state index in [1.54, 1.807) is 24.1 Å². The third kappa shape index (κ3) is 4.61. The minimum absolute atomic E-state index is 0.0555. The molecule has 0 aliphatic carbocycles. The molecule has 3 unspecified atom stereocenters. The van der Waals surface area contributed by atoms with E-state index in [1.165, 1.54) is 11.8 Å². The van der Waals surface area contributed by atoms with Crippen molar-refractivity contribution in [2.24, 2.45) is 10.9 Å². The van der Waals surface area contributed by atoms with E-state index in [2.05, 4.69) is 16.2 Å². The van der Waals surface area contributed by atoms with Gasteiger partial charge in [-0.25, -0.2) is 10.4 Å². The largest absolute Gasteiger partial charge is 0.497 e. The van der Waals surface area contributed by atoms with E-state index in [9.17, 15) is 4.79 Å². The van der Waals surface area contributed by atoms with Crippen LogP contribution in [0.3, 0.4) is 0 Å². The maximum atomic E-state index is 12.6. The molecule has 2 aliphatic rings. The molecular weight excluding hydrogens is 448 g/mol. The number of fused-ring (bicyclic) bond motifs is 1. The quantitative estimate of drug-likeness (QED) is 0.530.